The molecule has 0 aromatic heterocycles. The maximum Gasteiger partial charge on any atom is 0.410 e. The van der Waals surface area contributed by atoms with Gasteiger partial charge < -0.3 is 9.64 Å². The summed E-state index contributed by atoms with van der Waals surface area (Å²) >= 11 is 0. The number of nitrogens with zero attached hydrogens (tertiary/aromatic N) is 1. The lowest BCUT2D eigenvalue weighted by molar-refractivity contribution is -0.0567. The second kappa shape index (κ2) is 4.99. The number of hydrogen-bond donors (Lipinski definition) is 0. The Kier molecular flexibility index (Phi) is 3.85. The van der Waals surface area contributed by atoms with Crippen LogP contribution >= 0.6 is 0 Å². The van der Waals surface area contributed by atoms with E-state index in [1.807, 2.05) is 25.7 Å². The van der Waals surface area contributed by atoms with Crippen LogP contribution in [0.25, 0.3) is 0 Å². The van der Waals surface area contributed by atoms with Gasteiger partial charge in [-0.05, 0) is 58.3 Å². The molecule has 1 aliphatic heterocycles. The van der Waals surface area contributed by atoms with Crippen molar-refractivity contribution in [2.24, 2.45) is 17.3 Å². The van der Waals surface area contributed by atoms with Gasteiger partial charge in [0.1, 0.15) is 5.60 Å². The zero-order valence-electron chi connectivity index (χ0n) is 13.2. The average Bonchev–Trinajstić information content (AvgIpc) is 2.23. The molecule has 2 aliphatic rings. The molecule has 110 valence electrons. The van der Waals surface area contributed by atoms with Crippen LogP contribution in [0.3, 0.4) is 0 Å². The third kappa shape index (κ3) is 3.43. The van der Waals surface area contributed by atoms with Crippen LogP contribution < -0.4 is 0 Å². The standard InChI is InChI=1S/C16H29NO2/c1-12(2)13-6-8-16(9-7-13)10-17(11-16)14(18)19-15(3,4)5/h12-13H,6-11H2,1-5H3. The normalized spacial score (nSPS) is 23.6. The first-order valence-electron chi connectivity index (χ1n) is 7.69. The van der Waals surface area contributed by atoms with E-state index in [0.29, 0.717) is 5.41 Å². The third-order valence-electron chi connectivity index (χ3n) is 4.74. The molecule has 1 saturated carbocycles. The van der Waals surface area contributed by atoms with E-state index >= 15 is 0 Å². The van der Waals surface area contributed by atoms with Gasteiger partial charge in [-0.3, -0.25) is 0 Å². The van der Waals surface area contributed by atoms with E-state index in [4.69, 9.17) is 4.74 Å². The van der Waals surface area contributed by atoms with Crippen molar-refractivity contribution in [3.8, 4) is 0 Å². The van der Waals surface area contributed by atoms with Crippen LogP contribution in [-0.4, -0.2) is 29.7 Å². The van der Waals surface area contributed by atoms with Crippen LogP contribution in [0.5, 0.6) is 0 Å². The summed E-state index contributed by atoms with van der Waals surface area (Å²) in [6.45, 7) is 12.3. The minimum absolute atomic E-state index is 0.135. The van der Waals surface area contributed by atoms with Crippen molar-refractivity contribution < 1.29 is 9.53 Å². The van der Waals surface area contributed by atoms with Crippen molar-refractivity contribution in [3.63, 3.8) is 0 Å². The Labute approximate surface area is 117 Å². The van der Waals surface area contributed by atoms with Crippen LogP contribution in [0.4, 0.5) is 4.79 Å². The Hall–Kier alpha value is -0.730. The molecule has 1 spiro atoms. The molecule has 3 heteroatoms. The fourth-order valence-corrected chi connectivity index (χ4v) is 3.45. The van der Waals surface area contributed by atoms with Crippen LogP contribution in [0.1, 0.15) is 60.3 Å². The van der Waals surface area contributed by atoms with Gasteiger partial charge in [-0.15, -0.1) is 0 Å². The predicted molar refractivity (Wildman–Crippen MR) is 77.0 cm³/mol. The fraction of sp³-hybridized carbons (Fsp3) is 0.938. The van der Waals surface area contributed by atoms with Crippen molar-refractivity contribution in [1.82, 2.24) is 4.90 Å². The number of likely N-dealkylation sites (tertiary alicyclic amines) is 1. The lowest BCUT2D eigenvalue weighted by Gasteiger charge is -2.53. The molecule has 0 aromatic carbocycles. The molecule has 0 bridgehead atoms. The molecule has 19 heavy (non-hydrogen) atoms. The van der Waals surface area contributed by atoms with E-state index in [0.717, 1.165) is 24.9 Å². The highest BCUT2D eigenvalue weighted by Gasteiger charge is 2.48. The molecular weight excluding hydrogens is 238 g/mol. The minimum atomic E-state index is -0.380. The van der Waals surface area contributed by atoms with Crippen molar-refractivity contribution in [3.05, 3.63) is 0 Å². The third-order valence-corrected chi connectivity index (χ3v) is 4.74. The monoisotopic (exact) mass is 267 g/mol. The van der Waals surface area contributed by atoms with Gasteiger partial charge in [-0.1, -0.05) is 13.8 Å². The molecule has 0 aromatic rings. The summed E-state index contributed by atoms with van der Waals surface area (Å²) in [6.07, 6.45) is 5.10. The molecular formula is C16H29NO2. The molecule has 2 rings (SSSR count). The summed E-state index contributed by atoms with van der Waals surface area (Å²) < 4.78 is 5.42. The summed E-state index contributed by atoms with van der Waals surface area (Å²) in [5.74, 6) is 1.69. The second-order valence-electron chi connectivity index (χ2n) is 7.92. The fourth-order valence-electron chi connectivity index (χ4n) is 3.45. The maximum absolute atomic E-state index is 11.9. The molecule has 0 atom stereocenters. The highest BCUT2D eigenvalue weighted by molar-refractivity contribution is 5.69. The number of rotatable bonds is 1. The minimum Gasteiger partial charge on any atom is -0.444 e. The Morgan fingerprint density at radius 2 is 1.74 bits per heavy atom. The van der Waals surface area contributed by atoms with Gasteiger partial charge in [0, 0.05) is 18.5 Å². The Morgan fingerprint density at radius 3 is 2.16 bits per heavy atom. The van der Waals surface area contributed by atoms with E-state index in [1.54, 1.807) is 0 Å². The van der Waals surface area contributed by atoms with E-state index in [9.17, 15) is 4.79 Å². The molecule has 1 saturated heterocycles. The molecule has 0 unspecified atom stereocenters. The van der Waals surface area contributed by atoms with Crippen LogP contribution in [0.2, 0.25) is 0 Å². The molecule has 1 aliphatic carbocycles. The average molecular weight is 267 g/mol. The SMILES string of the molecule is CC(C)C1CCC2(CC1)CN(C(=O)OC(C)(C)C)C2. The van der Waals surface area contributed by atoms with E-state index in [1.165, 1.54) is 25.7 Å². The number of hydrogen-bond acceptors (Lipinski definition) is 2. The highest BCUT2D eigenvalue weighted by atomic mass is 16.6. The lowest BCUT2D eigenvalue weighted by Crippen LogP contribution is -2.60. The number of ether oxygens (including phenoxy) is 1. The lowest BCUT2D eigenvalue weighted by atomic mass is 9.64. The van der Waals surface area contributed by atoms with Crippen LogP contribution in [0.15, 0.2) is 0 Å². The first-order chi connectivity index (χ1) is 8.71. The van der Waals surface area contributed by atoms with Gasteiger partial charge in [-0.25, -0.2) is 4.79 Å². The van der Waals surface area contributed by atoms with Crippen molar-refractivity contribution in [1.29, 1.82) is 0 Å². The van der Waals surface area contributed by atoms with Gasteiger partial charge in [-0.2, -0.15) is 0 Å². The number of carbonyl (C=O) groups excluding carboxylic acids is 1. The van der Waals surface area contributed by atoms with E-state index in [-0.39, 0.29) is 11.7 Å². The van der Waals surface area contributed by atoms with Gasteiger partial charge in [0.05, 0.1) is 0 Å². The quantitative estimate of drug-likeness (QED) is 0.716. The summed E-state index contributed by atoms with van der Waals surface area (Å²) in [5, 5.41) is 0. The first-order valence-corrected chi connectivity index (χ1v) is 7.69. The van der Waals surface area contributed by atoms with Crippen LogP contribution in [0, 0.1) is 17.3 Å². The number of carbonyl (C=O) groups is 1. The predicted octanol–water partition coefficient (Wildman–Crippen LogP) is 4.07. The van der Waals surface area contributed by atoms with Gasteiger partial charge in [0.2, 0.25) is 0 Å². The van der Waals surface area contributed by atoms with Crippen LogP contribution in [-0.2, 0) is 4.74 Å². The molecule has 0 N–H and O–H groups in total. The van der Waals surface area contributed by atoms with Crippen molar-refractivity contribution >= 4 is 6.09 Å². The van der Waals surface area contributed by atoms with Gasteiger partial charge in [0.15, 0.2) is 0 Å². The molecule has 1 amide bonds. The maximum atomic E-state index is 11.9. The van der Waals surface area contributed by atoms with E-state index < -0.39 is 0 Å². The Bertz CT molecular complexity index is 327. The summed E-state index contributed by atoms with van der Waals surface area (Å²) in [7, 11) is 0. The van der Waals surface area contributed by atoms with Crippen molar-refractivity contribution in [2.45, 2.75) is 65.9 Å². The Morgan fingerprint density at radius 1 is 1.21 bits per heavy atom. The Balaban J connectivity index is 1.79. The van der Waals surface area contributed by atoms with Gasteiger partial charge in [0.25, 0.3) is 0 Å². The summed E-state index contributed by atoms with van der Waals surface area (Å²) in [6, 6.07) is 0. The molecule has 2 fully saturated rings. The van der Waals surface area contributed by atoms with E-state index in [2.05, 4.69) is 13.8 Å². The van der Waals surface area contributed by atoms with Crippen molar-refractivity contribution in [2.75, 3.05) is 13.1 Å². The topological polar surface area (TPSA) is 29.5 Å². The largest absolute Gasteiger partial charge is 0.444 e. The zero-order valence-corrected chi connectivity index (χ0v) is 13.2. The first kappa shape index (κ1) is 14.7. The zero-order chi connectivity index (χ0) is 14.3. The summed E-state index contributed by atoms with van der Waals surface area (Å²) in [5.41, 5.74) is 0.0391. The van der Waals surface area contributed by atoms with Gasteiger partial charge >= 0.3 is 6.09 Å². The molecule has 0 radical (unpaired) electrons. The smallest absolute Gasteiger partial charge is 0.410 e. The second-order valence-corrected chi connectivity index (χ2v) is 7.92. The highest BCUT2D eigenvalue weighted by Crippen LogP contribution is 2.47. The summed E-state index contributed by atoms with van der Waals surface area (Å²) in [4.78, 5) is 13.8. The molecule has 1 heterocycles. The number of amides is 1. The molecule has 3 nitrogen and oxygen atoms in total.